The van der Waals surface area contributed by atoms with Gasteiger partial charge >= 0.3 is 0 Å². The van der Waals surface area contributed by atoms with E-state index in [-0.39, 0.29) is 28.6 Å². The number of ketones is 2. The summed E-state index contributed by atoms with van der Waals surface area (Å²) < 4.78 is 10.6. The Labute approximate surface area is 197 Å². The van der Waals surface area contributed by atoms with Gasteiger partial charge < -0.3 is 14.4 Å². The minimum Gasteiger partial charge on any atom is -0.496 e. The molecule has 0 bridgehead atoms. The van der Waals surface area contributed by atoms with Gasteiger partial charge in [-0.1, -0.05) is 30.3 Å². The lowest BCUT2D eigenvalue weighted by atomic mass is 9.89. The number of amides is 1. The standard InChI is InChI=1S/C26H27NO5S/c1-31-20-8-9-21(32-2)25-24(20)19(28)16-22(26(25)30)33-15-12-23(29)27-13-10-18(11-14-27)17-6-4-3-5-7-17/h3-9,16,18H,10-15H2,1-2H3. The number of hydrogen-bond acceptors (Lipinski definition) is 6. The number of fused-ring (bicyclic) bond motifs is 1. The number of thioether (sulfide) groups is 1. The highest BCUT2D eigenvalue weighted by Crippen LogP contribution is 2.38. The van der Waals surface area contributed by atoms with Gasteiger partial charge in [-0.2, -0.15) is 0 Å². The molecule has 33 heavy (non-hydrogen) atoms. The van der Waals surface area contributed by atoms with Crippen LogP contribution in [-0.2, 0) is 4.79 Å². The first-order valence-corrected chi connectivity index (χ1v) is 12.0. The molecule has 2 aromatic carbocycles. The number of ether oxygens (including phenoxy) is 2. The van der Waals surface area contributed by atoms with Crippen molar-refractivity contribution >= 4 is 29.2 Å². The van der Waals surface area contributed by atoms with Gasteiger partial charge in [0.1, 0.15) is 11.5 Å². The summed E-state index contributed by atoms with van der Waals surface area (Å²) >= 11 is 1.24. The lowest BCUT2D eigenvalue weighted by Gasteiger charge is -2.32. The van der Waals surface area contributed by atoms with Crippen LogP contribution in [0, 0.1) is 0 Å². The third-order valence-electron chi connectivity index (χ3n) is 6.22. The van der Waals surface area contributed by atoms with Crippen molar-refractivity contribution in [2.45, 2.75) is 25.2 Å². The minimum atomic E-state index is -0.294. The normalized spacial score (nSPS) is 16.3. The van der Waals surface area contributed by atoms with Crippen molar-refractivity contribution in [1.29, 1.82) is 0 Å². The van der Waals surface area contributed by atoms with E-state index in [4.69, 9.17) is 9.47 Å². The topological polar surface area (TPSA) is 72.9 Å². The van der Waals surface area contributed by atoms with Gasteiger partial charge in [0.2, 0.25) is 11.7 Å². The molecule has 0 radical (unpaired) electrons. The SMILES string of the molecule is COc1ccc(OC)c2c1C(=O)C=C(SCCC(=O)N1CCC(c3ccccc3)CC1)C2=O. The van der Waals surface area contributed by atoms with E-state index in [2.05, 4.69) is 24.3 Å². The Morgan fingerprint density at radius 1 is 0.970 bits per heavy atom. The highest BCUT2D eigenvalue weighted by molar-refractivity contribution is 8.04. The molecule has 0 spiro atoms. The van der Waals surface area contributed by atoms with Crippen LogP contribution in [0.2, 0.25) is 0 Å². The van der Waals surface area contributed by atoms with E-state index in [1.54, 1.807) is 12.1 Å². The van der Waals surface area contributed by atoms with E-state index < -0.39 is 0 Å². The van der Waals surface area contributed by atoms with Crippen LogP contribution in [0.5, 0.6) is 11.5 Å². The van der Waals surface area contributed by atoms with Crippen molar-refractivity contribution in [3.63, 3.8) is 0 Å². The third kappa shape index (κ3) is 4.83. The molecule has 1 fully saturated rings. The Hall–Kier alpha value is -3.06. The average molecular weight is 466 g/mol. The Balaban J connectivity index is 1.34. The molecule has 2 aliphatic rings. The molecule has 6 nitrogen and oxygen atoms in total. The summed E-state index contributed by atoms with van der Waals surface area (Å²) in [5, 5.41) is 0. The molecule has 0 N–H and O–H groups in total. The Kier molecular flexibility index (Phi) is 7.18. The van der Waals surface area contributed by atoms with Crippen LogP contribution in [0.1, 0.15) is 51.5 Å². The second-order valence-electron chi connectivity index (χ2n) is 8.09. The number of rotatable bonds is 7. The fraction of sp³-hybridized carbons (Fsp3) is 0.346. The zero-order valence-electron chi connectivity index (χ0n) is 18.8. The Morgan fingerprint density at radius 3 is 2.24 bits per heavy atom. The number of carbonyl (C=O) groups is 3. The molecular weight excluding hydrogens is 438 g/mol. The summed E-state index contributed by atoms with van der Waals surface area (Å²) in [5.41, 5.74) is 1.78. The quantitative estimate of drug-likeness (QED) is 0.600. The Morgan fingerprint density at radius 2 is 1.61 bits per heavy atom. The number of likely N-dealkylation sites (tertiary alicyclic amines) is 1. The van der Waals surface area contributed by atoms with E-state index in [1.807, 2.05) is 11.0 Å². The van der Waals surface area contributed by atoms with Crippen molar-refractivity contribution in [1.82, 2.24) is 4.90 Å². The summed E-state index contributed by atoms with van der Waals surface area (Å²) in [6.07, 6.45) is 3.58. The average Bonchev–Trinajstić information content (AvgIpc) is 2.86. The molecule has 2 aromatic rings. The summed E-state index contributed by atoms with van der Waals surface area (Å²) in [6.45, 7) is 1.49. The van der Waals surface area contributed by atoms with E-state index in [0.29, 0.717) is 34.5 Å². The number of nitrogens with zero attached hydrogens (tertiary/aromatic N) is 1. The van der Waals surface area contributed by atoms with Gasteiger partial charge in [-0.05, 0) is 36.5 Å². The Bertz CT molecular complexity index is 1090. The fourth-order valence-electron chi connectivity index (χ4n) is 4.46. The van der Waals surface area contributed by atoms with Crippen LogP contribution in [0.4, 0.5) is 0 Å². The molecule has 1 aliphatic heterocycles. The van der Waals surface area contributed by atoms with Gasteiger partial charge in [-0.3, -0.25) is 14.4 Å². The monoisotopic (exact) mass is 465 g/mol. The molecule has 0 saturated carbocycles. The maximum atomic E-state index is 13.1. The van der Waals surface area contributed by atoms with Gasteiger partial charge in [0.15, 0.2) is 5.78 Å². The van der Waals surface area contributed by atoms with Crippen LogP contribution in [-0.4, -0.2) is 55.4 Å². The number of allylic oxidation sites excluding steroid dienone is 2. The van der Waals surface area contributed by atoms with E-state index in [0.717, 1.165) is 25.9 Å². The molecule has 1 saturated heterocycles. The predicted molar refractivity (Wildman–Crippen MR) is 128 cm³/mol. The number of methoxy groups -OCH3 is 2. The van der Waals surface area contributed by atoms with Gasteiger partial charge in [0, 0.05) is 31.3 Å². The molecule has 172 valence electrons. The van der Waals surface area contributed by atoms with E-state index in [1.165, 1.54) is 37.6 Å². The molecule has 1 heterocycles. The third-order valence-corrected chi connectivity index (χ3v) is 7.24. The van der Waals surface area contributed by atoms with Gasteiger partial charge in [0.05, 0.1) is 30.3 Å². The second kappa shape index (κ2) is 10.3. The van der Waals surface area contributed by atoms with Gasteiger partial charge in [0.25, 0.3) is 0 Å². The first-order chi connectivity index (χ1) is 16.0. The smallest absolute Gasteiger partial charge is 0.223 e. The maximum Gasteiger partial charge on any atom is 0.223 e. The summed E-state index contributed by atoms with van der Waals surface area (Å²) in [7, 11) is 2.92. The van der Waals surface area contributed by atoms with Crippen molar-refractivity contribution in [2.24, 2.45) is 0 Å². The fourth-order valence-corrected chi connectivity index (χ4v) is 5.38. The first-order valence-electron chi connectivity index (χ1n) is 11.0. The van der Waals surface area contributed by atoms with Crippen LogP contribution >= 0.6 is 11.8 Å². The maximum absolute atomic E-state index is 13.1. The number of carbonyl (C=O) groups excluding carboxylic acids is 3. The summed E-state index contributed by atoms with van der Waals surface area (Å²) in [6, 6.07) is 13.7. The molecule has 0 unspecified atom stereocenters. The molecule has 4 rings (SSSR count). The van der Waals surface area contributed by atoms with Gasteiger partial charge in [-0.25, -0.2) is 0 Å². The molecule has 7 heteroatoms. The number of benzene rings is 2. The van der Waals surface area contributed by atoms with Crippen LogP contribution < -0.4 is 9.47 Å². The second-order valence-corrected chi connectivity index (χ2v) is 9.22. The zero-order chi connectivity index (χ0) is 23.4. The highest BCUT2D eigenvalue weighted by atomic mass is 32.2. The molecular formula is C26H27NO5S. The van der Waals surface area contributed by atoms with Crippen molar-refractivity contribution in [3.05, 3.63) is 70.1 Å². The number of hydrogen-bond donors (Lipinski definition) is 0. The zero-order valence-corrected chi connectivity index (χ0v) is 19.7. The van der Waals surface area contributed by atoms with Crippen molar-refractivity contribution < 1.29 is 23.9 Å². The van der Waals surface area contributed by atoms with Crippen LogP contribution in [0.3, 0.4) is 0 Å². The highest BCUT2D eigenvalue weighted by Gasteiger charge is 2.32. The predicted octanol–water partition coefficient (Wildman–Crippen LogP) is 4.50. The summed E-state index contributed by atoms with van der Waals surface area (Å²) in [5.74, 6) is 1.13. The van der Waals surface area contributed by atoms with Crippen molar-refractivity contribution in [3.8, 4) is 11.5 Å². The van der Waals surface area contributed by atoms with Gasteiger partial charge in [-0.15, -0.1) is 11.8 Å². The largest absolute Gasteiger partial charge is 0.496 e. The first kappa shape index (κ1) is 23.1. The lowest BCUT2D eigenvalue weighted by Crippen LogP contribution is -2.38. The number of piperidine rings is 1. The molecule has 1 aliphatic carbocycles. The van der Waals surface area contributed by atoms with E-state index >= 15 is 0 Å². The van der Waals surface area contributed by atoms with Crippen LogP contribution in [0.15, 0.2) is 53.4 Å². The molecule has 0 aromatic heterocycles. The molecule has 1 amide bonds. The van der Waals surface area contributed by atoms with Crippen LogP contribution in [0.25, 0.3) is 0 Å². The minimum absolute atomic E-state index is 0.0869. The number of Topliss-reactive ketones (excluding diaryl/α,β-unsaturated/α-hetero) is 1. The van der Waals surface area contributed by atoms with Crippen molar-refractivity contribution in [2.75, 3.05) is 33.1 Å². The van der Waals surface area contributed by atoms with E-state index in [9.17, 15) is 14.4 Å². The molecule has 0 atom stereocenters. The lowest BCUT2D eigenvalue weighted by molar-refractivity contribution is -0.131. The summed E-state index contributed by atoms with van der Waals surface area (Å²) in [4.78, 5) is 40.8.